The van der Waals surface area contributed by atoms with Gasteiger partial charge >= 0.3 is 0 Å². The minimum atomic E-state index is -0.363. The van der Waals surface area contributed by atoms with Crippen molar-refractivity contribution >= 4 is 33.0 Å². The minimum absolute atomic E-state index is 0.00214. The number of nitrogens with zero attached hydrogens (tertiary/aromatic N) is 5. The molecule has 0 bridgehead atoms. The first-order valence-electron chi connectivity index (χ1n) is 14.2. The van der Waals surface area contributed by atoms with Gasteiger partial charge in [0.05, 0.1) is 5.41 Å². The number of allylic oxidation sites excluding steroid dienone is 6. The van der Waals surface area contributed by atoms with E-state index in [9.17, 15) is 15.6 Å². The molecule has 0 amide bonds. The molecular formula is C35H37BrN5O+. The van der Waals surface area contributed by atoms with Crippen molar-refractivity contribution in [3.8, 4) is 12.1 Å². The number of anilines is 1. The van der Waals surface area contributed by atoms with Gasteiger partial charge in [-0.05, 0) is 70.7 Å². The molecule has 0 saturated carbocycles. The number of aliphatic hydroxyl groups is 1. The molecule has 5 rings (SSSR count). The first-order valence-corrected chi connectivity index (χ1v) is 15.0. The fourth-order valence-corrected chi connectivity index (χ4v) is 6.94. The Morgan fingerprint density at radius 2 is 1.71 bits per heavy atom. The monoisotopic (exact) mass is 622 g/mol. The van der Waals surface area contributed by atoms with Crippen molar-refractivity contribution < 1.29 is 9.68 Å². The summed E-state index contributed by atoms with van der Waals surface area (Å²) in [5.41, 5.74) is 7.53. The summed E-state index contributed by atoms with van der Waals surface area (Å²) in [5.74, 6) is 0.106. The number of halogens is 1. The van der Waals surface area contributed by atoms with Crippen LogP contribution in [0.2, 0.25) is 0 Å². The van der Waals surface area contributed by atoms with Crippen LogP contribution >= 0.6 is 15.9 Å². The van der Waals surface area contributed by atoms with E-state index >= 15 is 0 Å². The summed E-state index contributed by atoms with van der Waals surface area (Å²) >= 11 is 3.65. The molecule has 2 heterocycles. The maximum atomic E-state index is 11.6. The second-order valence-electron chi connectivity index (χ2n) is 12.5. The Balaban J connectivity index is 1.67. The zero-order chi connectivity index (χ0) is 30.6. The third-order valence-corrected chi connectivity index (χ3v) is 9.36. The van der Waals surface area contributed by atoms with Gasteiger partial charge in [-0.15, -0.1) is 0 Å². The highest BCUT2D eigenvalue weighted by atomic mass is 79.9. The van der Waals surface area contributed by atoms with Gasteiger partial charge in [-0.25, -0.2) is 0 Å². The average molecular weight is 624 g/mol. The standard InChI is InChI=1S/C35H36BrN5O/c1-34(2)26-11-8-9-12-28(26)40(7)30(34)18-24-32(22(20-37)21-38)25(33(24)42)19-31-35(3,4)27-17-23(36)13-14-29(27)41(31)16-10-15-39(5)6/h8-9,11-14,17-19H,10,15-16H2,1-7H3/p+1. The number of fused-ring (bicyclic) bond motifs is 2. The van der Waals surface area contributed by atoms with Crippen LogP contribution in [0.3, 0.4) is 0 Å². The molecule has 0 spiro atoms. The van der Waals surface area contributed by atoms with Crippen LogP contribution < -0.4 is 4.90 Å². The molecule has 2 aliphatic heterocycles. The Labute approximate surface area is 257 Å². The Kier molecular flexibility index (Phi) is 7.56. The van der Waals surface area contributed by atoms with E-state index in [1.54, 1.807) is 0 Å². The lowest BCUT2D eigenvalue weighted by Gasteiger charge is -2.31. The lowest BCUT2D eigenvalue weighted by molar-refractivity contribution is -0.401. The van der Waals surface area contributed by atoms with E-state index < -0.39 is 0 Å². The van der Waals surface area contributed by atoms with E-state index in [1.807, 2.05) is 31.3 Å². The Morgan fingerprint density at radius 1 is 1.02 bits per heavy atom. The molecule has 0 atom stereocenters. The Hall–Kier alpha value is -3.91. The minimum Gasteiger partial charge on any atom is -0.507 e. The number of para-hydroxylation sites is 1. The number of hydrogen-bond acceptors (Lipinski definition) is 5. The van der Waals surface area contributed by atoms with Crippen LogP contribution in [0.4, 0.5) is 11.4 Å². The summed E-state index contributed by atoms with van der Waals surface area (Å²) in [4.78, 5) is 4.50. The van der Waals surface area contributed by atoms with Gasteiger partial charge in [0, 0.05) is 62.2 Å². The first-order chi connectivity index (χ1) is 19.8. The van der Waals surface area contributed by atoms with Crippen molar-refractivity contribution in [2.24, 2.45) is 0 Å². The molecule has 1 aliphatic carbocycles. The maximum Gasteiger partial charge on any atom is 0.209 e. The number of aliphatic hydroxyl groups excluding tert-OH is 1. The summed E-state index contributed by atoms with van der Waals surface area (Å²) in [6, 6.07) is 18.8. The molecule has 0 radical (unpaired) electrons. The van der Waals surface area contributed by atoms with Gasteiger partial charge in [0.2, 0.25) is 5.69 Å². The first kappa shape index (κ1) is 29.6. The Morgan fingerprint density at radius 3 is 2.36 bits per heavy atom. The predicted molar refractivity (Wildman–Crippen MR) is 172 cm³/mol. The van der Waals surface area contributed by atoms with E-state index in [2.05, 4.69) is 115 Å². The third kappa shape index (κ3) is 4.62. The van der Waals surface area contributed by atoms with Crippen LogP contribution in [0.1, 0.15) is 45.2 Å². The molecule has 7 heteroatoms. The summed E-state index contributed by atoms with van der Waals surface area (Å²) in [5, 5.41) is 31.5. The van der Waals surface area contributed by atoms with Gasteiger partial charge in [0.15, 0.2) is 5.71 Å². The maximum absolute atomic E-state index is 11.6. The van der Waals surface area contributed by atoms with Gasteiger partial charge in [0.1, 0.15) is 30.5 Å². The molecular weight excluding hydrogens is 586 g/mol. The molecule has 3 aliphatic rings. The highest BCUT2D eigenvalue weighted by Crippen LogP contribution is 2.51. The molecule has 2 aromatic carbocycles. The molecule has 0 unspecified atom stereocenters. The lowest BCUT2D eigenvalue weighted by atomic mass is 9.74. The van der Waals surface area contributed by atoms with Gasteiger partial charge in [0.25, 0.3) is 0 Å². The van der Waals surface area contributed by atoms with Crippen molar-refractivity contribution in [2.75, 3.05) is 39.1 Å². The van der Waals surface area contributed by atoms with Crippen molar-refractivity contribution in [3.63, 3.8) is 0 Å². The fraction of sp³-hybridized carbons (Fsp3) is 0.343. The van der Waals surface area contributed by atoms with Crippen LogP contribution in [0.25, 0.3) is 0 Å². The van der Waals surface area contributed by atoms with Crippen molar-refractivity contribution in [1.29, 1.82) is 10.5 Å². The summed E-state index contributed by atoms with van der Waals surface area (Å²) in [7, 11) is 6.16. The second kappa shape index (κ2) is 10.7. The van der Waals surface area contributed by atoms with E-state index in [1.165, 1.54) is 11.1 Å². The van der Waals surface area contributed by atoms with Gasteiger partial charge in [-0.2, -0.15) is 15.1 Å². The Bertz CT molecular complexity index is 1720. The molecule has 6 nitrogen and oxygen atoms in total. The number of rotatable bonds is 6. The second-order valence-corrected chi connectivity index (χ2v) is 13.4. The zero-order valence-corrected chi connectivity index (χ0v) is 27.0. The molecule has 2 aromatic rings. The predicted octanol–water partition coefficient (Wildman–Crippen LogP) is 7.18. The quantitative estimate of drug-likeness (QED) is 0.273. The lowest BCUT2D eigenvalue weighted by Crippen LogP contribution is -2.30. The SMILES string of the molecule is CN(C)CCCN1/C(=C/C2=C(O)C(=C\C3=[N+](C)c4ccccc4C3(C)C)/C2=C(C#N)C#N)C(C)(C)c2cc(Br)ccc21. The van der Waals surface area contributed by atoms with Gasteiger partial charge < -0.3 is 14.9 Å². The molecule has 42 heavy (non-hydrogen) atoms. The van der Waals surface area contributed by atoms with E-state index in [-0.39, 0.29) is 22.2 Å². The van der Waals surface area contributed by atoms with Crippen LogP contribution in [-0.2, 0) is 10.8 Å². The highest BCUT2D eigenvalue weighted by molar-refractivity contribution is 9.10. The summed E-state index contributed by atoms with van der Waals surface area (Å²) < 4.78 is 3.14. The zero-order valence-electron chi connectivity index (χ0n) is 25.4. The van der Waals surface area contributed by atoms with E-state index in [0.29, 0.717) is 16.7 Å². The van der Waals surface area contributed by atoms with Crippen LogP contribution in [-0.4, -0.2) is 54.5 Å². The van der Waals surface area contributed by atoms with E-state index in [4.69, 9.17) is 0 Å². The summed E-state index contributed by atoms with van der Waals surface area (Å²) in [6.45, 7) is 10.4. The smallest absolute Gasteiger partial charge is 0.209 e. The average Bonchev–Trinajstić information content (AvgIpc) is 3.27. The number of nitriles is 2. The molecule has 214 valence electrons. The number of hydrogen-bond donors (Lipinski definition) is 1. The van der Waals surface area contributed by atoms with Crippen LogP contribution in [0, 0.1) is 22.7 Å². The largest absolute Gasteiger partial charge is 0.507 e. The molecule has 1 N–H and O–H groups in total. The topological polar surface area (TPSA) is 77.3 Å². The van der Waals surface area contributed by atoms with Crippen molar-refractivity contribution in [1.82, 2.24) is 4.90 Å². The van der Waals surface area contributed by atoms with Gasteiger partial charge in [-0.1, -0.05) is 48.0 Å². The van der Waals surface area contributed by atoms with Crippen LogP contribution in [0.5, 0.6) is 0 Å². The van der Waals surface area contributed by atoms with Gasteiger partial charge in [-0.3, -0.25) is 0 Å². The number of benzene rings is 2. The van der Waals surface area contributed by atoms with Crippen molar-refractivity contribution in [2.45, 2.75) is 44.9 Å². The molecule has 0 saturated heterocycles. The molecule has 0 aromatic heterocycles. The molecule has 0 fully saturated rings. The van der Waals surface area contributed by atoms with Crippen LogP contribution in [0.15, 0.2) is 92.8 Å². The summed E-state index contributed by atoms with van der Waals surface area (Å²) in [6.07, 6.45) is 4.89. The van der Waals surface area contributed by atoms with Crippen molar-refractivity contribution in [3.05, 3.63) is 104 Å². The normalized spacial score (nSPS) is 20.2. The van der Waals surface area contributed by atoms with E-state index in [0.717, 1.165) is 46.8 Å². The highest BCUT2D eigenvalue weighted by Gasteiger charge is 2.46. The fourth-order valence-electron chi connectivity index (χ4n) is 6.58. The third-order valence-electron chi connectivity index (χ3n) is 8.87.